The third kappa shape index (κ3) is 2.28. The van der Waals surface area contributed by atoms with Gasteiger partial charge >= 0.3 is 5.00 Å². The van der Waals surface area contributed by atoms with E-state index in [1.165, 1.54) is 0 Å². The van der Waals surface area contributed by atoms with Gasteiger partial charge in [0.2, 0.25) is 0 Å². The molecule has 18 heavy (non-hydrogen) atoms. The van der Waals surface area contributed by atoms with Crippen molar-refractivity contribution in [3.63, 3.8) is 0 Å². The highest BCUT2D eigenvalue weighted by Gasteiger charge is 2.18. The molecule has 1 heterocycles. The lowest BCUT2D eigenvalue weighted by Crippen LogP contribution is -1.91. The number of hydrogen-bond acceptors (Lipinski definition) is 5. The minimum absolute atomic E-state index is 0.121. The molecule has 2 aromatic rings. The SMILES string of the molecule is CNc1cc(-c2cccc(OC)c2)sc1[N+](=O)[O-]. The van der Waals surface area contributed by atoms with E-state index in [2.05, 4.69) is 5.32 Å². The van der Waals surface area contributed by atoms with E-state index in [0.717, 1.165) is 27.5 Å². The number of nitrogens with one attached hydrogen (secondary N) is 1. The fourth-order valence-electron chi connectivity index (χ4n) is 1.61. The molecule has 0 spiro atoms. The third-order valence-electron chi connectivity index (χ3n) is 2.50. The number of benzene rings is 1. The van der Waals surface area contributed by atoms with E-state index in [-0.39, 0.29) is 9.92 Å². The molecule has 94 valence electrons. The Balaban J connectivity index is 2.47. The van der Waals surface area contributed by atoms with Gasteiger partial charge in [0.25, 0.3) is 0 Å². The maximum absolute atomic E-state index is 10.9. The van der Waals surface area contributed by atoms with Gasteiger partial charge in [-0.05, 0) is 23.8 Å². The zero-order valence-electron chi connectivity index (χ0n) is 9.97. The van der Waals surface area contributed by atoms with Gasteiger partial charge < -0.3 is 10.1 Å². The summed E-state index contributed by atoms with van der Waals surface area (Å²) in [6.07, 6.45) is 0. The van der Waals surface area contributed by atoms with Crippen LogP contribution in [0.3, 0.4) is 0 Å². The van der Waals surface area contributed by atoms with E-state index in [9.17, 15) is 10.1 Å². The summed E-state index contributed by atoms with van der Waals surface area (Å²) >= 11 is 1.15. The Hall–Kier alpha value is -2.08. The quantitative estimate of drug-likeness (QED) is 0.679. The van der Waals surface area contributed by atoms with Gasteiger partial charge in [0.05, 0.1) is 12.0 Å². The molecular formula is C12H12N2O3S. The summed E-state index contributed by atoms with van der Waals surface area (Å²) in [4.78, 5) is 11.4. The maximum atomic E-state index is 10.9. The Labute approximate surface area is 108 Å². The zero-order valence-corrected chi connectivity index (χ0v) is 10.8. The molecule has 0 aliphatic heterocycles. The van der Waals surface area contributed by atoms with Crippen molar-refractivity contribution in [1.29, 1.82) is 0 Å². The summed E-state index contributed by atoms with van der Waals surface area (Å²) in [5, 5.41) is 13.9. The fraction of sp³-hybridized carbons (Fsp3) is 0.167. The van der Waals surface area contributed by atoms with Crippen molar-refractivity contribution in [2.24, 2.45) is 0 Å². The standard InChI is InChI=1S/C12H12N2O3S/c1-13-10-7-11(18-12(10)14(15)16)8-4-3-5-9(6-8)17-2/h3-7,13H,1-2H3. The van der Waals surface area contributed by atoms with Crippen LogP contribution in [0.5, 0.6) is 5.75 Å². The molecule has 0 radical (unpaired) electrons. The summed E-state index contributed by atoms with van der Waals surface area (Å²) in [7, 11) is 3.26. The van der Waals surface area contributed by atoms with Gasteiger partial charge in [0.1, 0.15) is 11.4 Å². The number of anilines is 1. The summed E-state index contributed by atoms with van der Waals surface area (Å²) in [6, 6.07) is 9.23. The van der Waals surface area contributed by atoms with Crippen molar-refractivity contribution < 1.29 is 9.66 Å². The Kier molecular flexibility index (Phi) is 3.47. The van der Waals surface area contributed by atoms with E-state index in [0.29, 0.717) is 5.69 Å². The minimum Gasteiger partial charge on any atom is -0.497 e. The predicted molar refractivity (Wildman–Crippen MR) is 72.5 cm³/mol. The molecular weight excluding hydrogens is 252 g/mol. The molecule has 0 atom stereocenters. The van der Waals surface area contributed by atoms with E-state index in [1.807, 2.05) is 24.3 Å². The number of rotatable bonds is 4. The molecule has 0 aliphatic carbocycles. The Bertz CT molecular complexity index is 580. The van der Waals surface area contributed by atoms with Crippen LogP contribution in [0.15, 0.2) is 30.3 Å². The second kappa shape index (κ2) is 5.05. The van der Waals surface area contributed by atoms with E-state index in [1.54, 1.807) is 20.2 Å². The molecule has 6 heteroatoms. The smallest absolute Gasteiger partial charge is 0.347 e. The van der Waals surface area contributed by atoms with Crippen molar-refractivity contribution in [2.45, 2.75) is 0 Å². The Morgan fingerprint density at radius 2 is 2.17 bits per heavy atom. The zero-order chi connectivity index (χ0) is 13.1. The number of thiophene rings is 1. The molecule has 1 aromatic heterocycles. The highest BCUT2D eigenvalue weighted by atomic mass is 32.1. The summed E-state index contributed by atoms with van der Waals surface area (Å²) < 4.78 is 5.14. The lowest BCUT2D eigenvalue weighted by Gasteiger charge is -2.01. The molecule has 0 saturated heterocycles. The lowest BCUT2D eigenvalue weighted by atomic mass is 10.2. The molecule has 0 aliphatic rings. The number of ether oxygens (including phenoxy) is 1. The van der Waals surface area contributed by atoms with Crippen LogP contribution in [0.25, 0.3) is 10.4 Å². The number of nitrogens with zero attached hydrogens (tertiary/aromatic N) is 1. The first-order chi connectivity index (χ1) is 8.65. The lowest BCUT2D eigenvalue weighted by molar-refractivity contribution is -0.379. The average molecular weight is 264 g/mol. The van der Waals surface area contributed by atoms with Gasteiger partial charge in [-0.3, -0.25) is 10.1 Å². The molecule has 1 N–H and O–H groups in total. The summed E-state index contributed by atoms with van der Waals surface area (Å²) in [6.45, 7) is 0. The molecule has 0 unspecified atom stereocenters. The van der Waals surface area contributed by atoms with Crippen molar-refractivity contribution in [2.75, 3.05) is 19.5 Å². The maximum Gasteiger partial charge on any atom is 0.347 e. The Morgan fingerprint density at radius 3 is 2.72 bits per heavy atom. The molecule has 0 amide bonds. The Morgan fingerprint density at radius 1 is 1.39 bits per heavy atom. The van der Waals surface area contributed by atoms with E-state index >= 15 is 0 Å². The molecule has 0 saturated carbocycles. The first-order valence-electron chi connectivity index (χ1n) is 5.26. The van der Waals surface area contributed by atoms with Crippen LogP contribution in [0.1, 0.15) is 0 Å². The van der Waals surface area contributed by atoms with Gasteiger partial charge in [0.15, 0.2) is 0 Å². The number of hydrogen-bond donors (Lipinski definition) is 1. The normalized spacial score (nSPS) is 10.1. The first-order valence-corrected chi connectivity index (χ1v) is 6.07. The topological polar surface area (TPSA) is 64.4 Å². The van der Waals surface area contributed by atoms with Crippen LogP contribution in [0.2, 0.25) is 0 Å². The number of methoxy groups -OCH3 is 1. The van der Waals surface area contributed by atoms with Crippen LogP contribution >= 0.6 is 11.3 Å². The highest BCUT2D eigenvalue weighted by molar-refractivity contribution is 7.19. The van der Waals surface area contributed by atoms with Gasteiger partial charge in [-0.25, -0.2) is 0 Å². The average Bonchev–Trinajstić information content (AvgIpc) is 2.83. The highest BCUT2D eigenvalue weighted by Crippen LogP contribution is 2.40. The van der Waals surface area contributed by atoms with Crippen LogP contribution in [-0.2, 0) is 0 Å². The molecule has 0 bridgehead atoms. The van der Waals surface area contributed by atoms with Gasteiger partial charge in [-0.15, -0.1) is 0 Å². The van der Waals surface area contributed by atoms with E-state index in [4.69, 9.17) is 4.74 Å². The van der Waals surface area contributed by atoms with Crippen molar-refractivity contribution in [3.05, 3.63) is 40.4 Å². The minimum atomic E-state index is -0.375. The van der Waals surface area contributed by atoms with Crippen molar-refractivity contribution in [3.8, 4) is 16.2 Å². The van der Waals surface area contributed by atoms with Crippen molar-refractivity contribution >= 4 is 22.0 Å². The third-order valence-corrected chi connectivity index (χ3v) is 3.64. The van der Waals surface area contributed by atoms with Gasteiger partial charge in [-0.1, -0.05) is 23.5 Å². The molecule has 2 rings (SSSR count). The van der Waals surface area contributed by atoms with E-state index < -0.39 is 0 Å². The van der Waals surface area contributed by atoms with Crippen LogP contribution in [0, 0.1) is 10.1 Å². The second-order valence-electron chi connectivity index (χ2n) is 3.57. The van der Waals surface area contributed by atoms with Gasteiger partial charge in [-0.2, -0.15) is 0 Å². The molecule has 0 fully saturated rings. The summed E-state index contributed by atoms with van der Waals surface area (Å²) in [5.41, 5.74) is 1.44. The second-order valence-corrected chi connectivity index (χ2v) is 4.60. The molecule has 1 aromatic carbocycles. The molecule has 5 nitrogen and oxygen atoms in total. The monoisotopic (exact) mass is 264 g/mol. The predicted octanol–water partition coefficient (Wildman–Crippen LogP) is 3.37. The number of nitro groups is 1. The summed E-state index contributed by atoms with van der Waals surface area (Å²) in [5.74, 6) is 0.731. The first kappa shape index (κ1) is 12.4. The van der Waals surface area contributed by atoms with Crippen LogP contribution in [0.4, 0.5) is 10.7 Å². The van der Waals surface area contributed by atoms with Gasteiger partial charge in [0, 0.05) is 11.9 Å². The fourth-order valence-corrected chi connectivity index (χ4v) is 2.59. The van der Waals surface area contributed by atoms with Crippen molar-refractivity contribution in [1.82, 2.24) is 0 Å². The van der Waals surface area contributed by atoms with Crippen LogP contribution in [-0.4, -0.2) is 19.1 Å². The largest absolute Gasteiger partial charge is 0.497 e. The van der Waals surface area contributed by atoms with Crippen LogP contribution < -0.4 is 10.1 Å².